The number of rotatable bonds is 3. The van der Waals surface area contributed by atoms with Gasteiger partial charge in [0.15, 0.2) is 11.6 Å². The van der Waals surface area contributed by atoms with Gasteiger partial charge in [-0.3, -0.25) is 0 Å². The normalized spacial score (nSPS) is 20.3. The third kappa shape index (κ3) is 2.56. The van der Waals surface area contributed by atoms with Gasteiger partial charge in [-0.2, -0.15) is 11.8 Å². The highest BCUT2D eigenvalue weighted by molar-refractivity contribution is 7.99. The van der Waals surface area contributed by atoms with Crippen molar-refractivity contribution >= 4 is 17.4 Å². The largest absolute Gasteiger partial charge is 0.494 e. The van der Waals surface area contributed by atoms with E-state index in [1.807, 2.05) is 17.8 Å². The van der Waals surface area contributed by atoms with Gasteiger partial charge in [-0.05, 0) is 24.3 Å². The summed E-state index contributed by atoms with van der Waals surface area (Å²) < 4.78 is 18.2. The molecule has 1 aliphatic heterocycles. The van der Waals surface area contributed by atoms with Crippen LogP contribution in [0.1, 0.15) is 6.42 Å². The minimum atomic E-state index is -0.312. The van der Waals surface area contributed by atoms with Crippen LogP contribution in [-0.2, 0) is 0 Å². The molecule has 0 unspecified atom stereocenters. The highest BCUT2D eigenvalue weighted by Gasteiger charge is 2.15. The second kappa shape index (κ2) is 4.75. The van der Waals surface area contributed by atoms with E-state index in [-0.39, 0.29) is 5.82 Å². The van der Waals surface area contributed by atoms with Gasteiger partial charge in [-0.15, -0.1) is 0 Å². The third-order valence-corrected chi connectivity index (χ3v) is 3.61. The van der Waals surface area contributed by atoms with E-state index in [0.29, 0.717) is 11.8 Å². The van der Waals surface area contributed by atoms with Gasteiger partial charge in [0.2, 0.25) is 0 Å². The van der Waals surface area contributed by atoms with Crippen molar-refractivity contribution in [2.75, 3.05) is 23.9 Å². The smallest absolute Gasteiger partial charge is 0.167 e. The molecule has 1 aromatic carbocycles. The van der Waals surface area contributed by atoms with Gasteiger partial charge in [-0.1, -0.05) is 0 Å². The van der Waals surface area contributed by atoms with Crippen LogP contribution in [0.3, 0.4) is 0 Å². The molecule has 82 valence electrons. The summed E-state index contributed by atoms with van der Waals surface area (Å²) >= 11 is 1.93. The Kier molecular flexibility index (Phi) is 3.36. The molecule has 1 N–H and O–H groups in total. The van der Waals surface area contributed by atoms with Crippen molar-refractivity contribution in [3.05, 3.63) is 24.0 Å². The number of nitrogens with one attached hydrogen (secondary N) is 1. The Labute approximate surface area is 93.2 Å². The van der Waals surface area contributed by atoms with Crippen LogP contribution in [0, 0.1) is 5.82 Å². The van der Waals surface area contributed by atoms with Gasteiger partial charge in [-0.25, -0.2) is 4.39 Å². The van der Waals surface area contributed by atoms with Gasteiger partial charge in [0.1, 0.15) is 0 Å². The van der Waals surface area contributed by atoms with E-state index < -0.39 is 0 Å². The molecule has 1 fully saturated rings. The van der Waals surface area contributed by atoms with Crippen LogP contribution in [0.2, 0.25) is 0 Å². The van der Waals surface area contributed by atoms with E-state index in [0.717, 1.165) is 17.9 Å². The fourth-order valence-corrected chi connectivity index (χ4v) is 2.79. The predicted molar refractivity (Wildman–Crippen MR) is 62.3 cm³/mol. The molecule has 15 heavy (non-hydrogen) atoms. The van der Waals surface area contributed by atoms with E-state index in [9.17, 15) is 4.39 Å². The average molecular weight is 227 g/mol. The Morgan fingerprint density at radius 2 is 2.40 bits per heavy atom. The molecule has 0 amide bonds. The number of methoxy groups -OCH3 is 1. The standard InChI is InChI=1S/C11H14FNOS/c1-14-11-3-2-8(6-10(11)12)13-9-4-5-15-7-9/h2-3,6,9,13H,4-5,7H2,1H3/t9-/m0/s1. The zero-order chi connectivity index (χ0) is 10.7. The number of benzene rings is 1. The van der Waals surface area contributed by atoms with Gasteiger partial charge in [0, 0.05) is 23.5 Å². The first-order chi connectivity index (χ1) is 7.29. The molecule has 0 bridgehead atoms. The number of hydrogen-bond acceptors (Lipinski definition) is 3. The predicted octanol–water partition coefficient (Wildman–Crippen LogP) is 2.75. The molecule has 0 radical (unpaired) electrons. The number of anilines is 1. The summed E-state index contributed by atoms with van der Waals surface area (Å²) in [6.45, 7) is 0. The summed E-state index contributed by atoms with van der Waals surface area (Å²) in [6.07, 6.45) is 1.15. The fraction of sp³-hybridized carbons (Fsp3) is 0.455. The molecular weight excluding hydrogens is 213 g/mol. The molecule has 0 aromatic heterocycles. The molecule has 1 heterocycles. The SMILES string of the molecule is COc1ccc(N[C@H]2CCSC2)cc1F. The van der Waals surface area contributed by atoms with E-state index >= 15 is 0 Å². The number of halogens is 1. The summed E-state index contributed by atoms with van der Waals surface area (Å²) in [7, 11) is 1.47. The summed E-state index contributed by atoms with van der Waals surface area (Å²) in [5.74, 6) is 2.28. The quantitative estimate of drug-likeness (QED) is 0.858. The first-order valence-electron chi connectivity index (χ1n) is 4.97. The zero-order valence-electron chi connectivity index (χ0n) is 8.63. The van der Waals surface area contributed by atoms with Crippen molar-refractivity contribution in [3.63, 3.8) is 0 Å². The molecule has 2 rings (SSSR count). The fourth-order valence-electron chi connectivity index (χ4n) is 1.64. The second-order valence-electron chi connectivity index (χ2n) is 3.55. The molecule has 0 spiro atoms. The monoisotopic (exact) mass is 227 g/mol. The van der Waals surface area contributed by atoms with Gasteiger partial charge >= 0.3 is 0 Å². The van der Waals surface area contributed by atoms with Crippen LogP contribution in [0.5, 0.6) is 5.75 Å². The molecule has 0 saturated carbocycles. The van der Waals surface area contributed by atoms with Crippen LogP contribution < -0.4 is 10.1 Å². The maximum absolute atomic E-state index is 13.4. The Bertz CT molecular complexity index is 339. The lowest BCUT2D eigenvalue weighted by Crippen LogP contribution is -2.18. The maximum Gasteiger partial charge on any atom is 0.167 e. The van der Waals surface area contributed by atoms with Crippen molar-refractivity contribution in [2.45, 2.75) is 12.5 Å². The second-order valence-corrected chi connectivity index (χ2v) is 4.70. The molecule has 0 aliphatic carbocycles. The molecule has 1 aromatic rings. The minimum absolute atomic E-state index is 0.293. The maximum atomic E-state index is 13.4. The lowest BCUT2D eigenvalue weighted by Gasteiger charge is -2.13. The van der Waals surface area contributed by atoms with Crippen molar-refractivity contribution in [1.82, 2.24) is 0 Å². The molecule has 1 atom stereocenters. The molecule has 1 saturated heterocycles. The van der Waals surface area contributed by atoms with E-state index in [2.05, 4.69) is 5.32 Å². The summed E-state index contributed by atoms with van der Waals surface area (Å²) in [6, 6.07) is 5.47. The number of thioether (sulfide) groups is 1. The highest BCUT2D eigenvalue weighted by atomic mass is 32.2. The summed E-state index contributed by atoms with van der Waals surface area (Å²) in [5.41, 5.74) is 0.834. The Balaban J connectivity index is 2.05. The van der Waals surface area contributed by atoms with E-state index in [1.165, 1.54) is 18.9 Å². The van der Waals surface area contributed by atoms with Crippen molar-refractivity contribution in [1.29, 1.82) is 0 Å². The Hall–Kier alpha value is -0.900. The van der Waals surface area contributed by atoms with E-state index in [4.69, 9.17) is 4.74 Å². The highest BCUT2D eigenvalue weighted by Crippen LogP contribution is 2.24. The zero-order valence-corrected chi connectivity index (χ0v) is 9.44. The van der Waals surface area contributed by atoms with Gasteiger partial charge in [0.05, 0.1) is 7.11 Å². The van der Waals surface area contributed by atoms with Gasteiger partial charge < -0.3 is 10.1 Å². The molecule has 1 aliphatic rings. The van der Waals surface area contributed by atoms with E-state index in [1.54, 1.807) is 6.07 Å². The first-order valence-corrected chi connectivity index (χ1v) is 6.13. The van der Waals surface area contributed by atoms with Crippen molar-refractivity contribution in [3.8, 4) is 5.75 Å². The number of hydrogen-bond donors (Lipinski definition) is 1. The van der Waals surface area contributed by atoms with Crippen LogP contribution >= 0.6 is 11.8 Å². The third-order valence-electron chi connectivity index (χ3n) is 2.45. The summed E-state index contributed by atoms with van der Waals surface area (Å²) in [4.78, 5) is 0. The average Bonchev–Trinajstić information content (AvgIpc) is 2.71. The van der Waals surface area contributed by atoms with Gasteiger partial charge in [0.25, 0.3) is 0 Å². The van der Waals surface area contributed by atoms with Crippen LogP contribution in [0.4, 0.5) is 10.1 Å². The van der Waals surface area contributed by atoms with Crippen LogP contribution in [-0.4, -0.2) is 24.7 Å². The molecular formula is C11H14FNOS. The van der Waals surface area contributed by atoms with Crippen LogP contribution in [0.15, 0.2) is 18.2 Å². The first kappa shape index (κ1) is 10.6. The lowest BCUT2D eigenvalue weighted by molar-refractivity contribution is 0.386. The van der Waals surface area contributed by atoms with Crippen molar-refractivity contribution in [2.24, 2.45) is 0 Å². The lowest BCUT2D eigenvalue weighted by atomic mass is 10.2. The van der Waals surface area contributed by atoms with Crippen molar-refractivity contribution < 1.29 is 9.13 Å². The Morgan fingerprint density at radius 3 is 3.00 bits per heavy atom. The molecule has 4 heteroatoms. The minimum Gasteiger partial charge on any atom is -0.494 e. The molecule has 2 nitrogen and oxygen atoms in total. The van der Waals surface area contributed by atoms with Crippen LogP contribution in [0.25, 0.3) is 0 Å². The Morgan fingerprint density at radius 1 is 1.53 bits per heavy atom. The summed E-state index contributed by atoms with van der Waals surface area (Å²) in [5, 5.41) is 3.32. The number of ether oxygens (including phenoxy) is 1. The topological polar surface area (TPSA) is 21.3 Å².